The van der Waals surface area contributed by atoms with Crippen LogP contribution in [0.4, 0.5) is 11.4 Å². The quantitative estimate of drug-likeness (QED) is 0.463. The molecule has 0 aliphatic carbocycles. The van der Waals surface area contributed by atoms with E-state index >= 15 is 0 Å². The summed E-state index contributed by atoms with van der Waals surface area (Å²) in [7, 11) is 2.72. The third-order valence-corrected chi connectivity index (χ3v) is 1.89. The molecule has 0 amide bonds. The third kappa shape index (κ3) is 2.04. The van der Waals surface area contributed by atoms with Crippen molar-refractivity contribution >= 4 is 17.3 Å². The van der Waals surface area contributed by atoms with Crippen LogP contribution in [-0.2, 0) is 4.74 Å². The highest BCUT2D eigenvalue weighted by atomic mass is 16.6. The number of benzene rings is 1. The molecule has 0 atom stereocenters. The average Bonchev–Trinajstić information content (AvgIpc) is 2.26. The predicted molar refractivity (Wildman–Crippen MR) is 54.0 cm³/mol. The van der Waals surface area contributed by atoms with Crippen molar-refractivity contribution in [2.24, 2.45) is 0 Å². The molecule has 0 radical (unpaired) electrons. The highest BCUT2D eigenvalue weighted by molar-refractivity contribution is 5.96. The largest absolute Gasteiger partial charge is 0.465 e. The van der Waals surface area contributed by atoms with Gasteiger partial charge in [-0.1, -0.05) is 6.07 Å². The Balaban J connectivity index is 3.38. The molecule has 0 aliphatic rings. The molecule has 0 aromatic heterocycles. The van der Waals surface area contributed by atoms with E-state index in [4.69, 9.17) is 0 Å². The van der Waals surface area contributed by atoms with E-state index < -0.39 is 10.9 Å². The first-order chi connectivity index (χ1) is 7.11. The third-order valence-electron chi connectivity index (χ3n) is 1.89. The van der Waals surface area contributed by atoms with Gasteiger partial charge in [0.15, 0.2) is 0 Å². The molecular formula is C9H10N2O4. The van der Waals surface area contributed by atoms with Crippen molar-refractivity contribution in [2.75, 3.05) is 19.5 Å². The van der Waals surface area contributed by atoms with Crippen LogP contribution in [0, 0.1) is 10.1 Å². The topological polar surface area (TPSA) is 81.5 Å². The standard InChI is InChI=1S/C9H10N2O4/c1-10-7-5-3-4-6(9(12)15-2)8(7)11(13)14/h3-5,10H,1-2H3. The van der Waals surface area contributed by atoms with Crippen molar-refractivity contribution in [2.45, 2.75) is 0 Å². The van der Waals surface area contributed by atoms with E-state index in [1.54, 1.807) is 13.1 Å². The second-order valence-corrected chi connectivity index (χ2v) is 2.70. The summed E-state index contributed by atoms with van der Waals surface area (Å²) in [5.41, 5.74) is -0.0518. The maximum Gasteiger partial charge on any atom is 0.344 e. The summed E-state index contributed by atoms with van der Waals surface area (Å²) in [6.07, 6.45) is 0. The Morgan fingerprint density at radius 1 is 1.53 bits per heavy atom. The molecule has 15 heavy (non-hydrogen) atoms. The second-order valence-electron chi connectivity index (χ2n) is 2.70. The van der Waals surface area contributed by atoms with Crippen molar-refractivity contribution in [1.29, 1.82) is 0 Å². The number of hydrogen-bond acceptors (Lipinski definition) is 5. The molecule has 1 aromatic rings. The lowest BCUT2D eigenvalue weighted by Gasteiger charge is -2.05. The van der Waals surface area contributed by atoms with Gasteiger partial charge >= 0.3 is 11.7 Å². The number of methoxy groups -OCH3 is 1. The fourth-order valence-corrected chi connectivity index (χ4v) is 1.22. The highest BCUT2D eigenvalue weighted by Gasteiger charge is 2.24. The van der Waals surface area contributed by atoms with Crippen LogP contribution in [0.25, 0.3) is 0 Å². The first kappa shape index (κ1) is 11.0. The number of nitrogens with one attached hydrogen (secondary N) is 1. The number of nitrogens with zero attached hydrogens (tertiary/aromatic N) is 1. The molecule has 0 saturated carbocycles. The van der Waals surface area contributed by atoms with Crippen molar-refractivity contribution < 1.29 is 14.5 Å². The van der Waals surface area contributed by atoms with E-state index in [0.717, 1.165) is 0 Å². The van der Waals surface area contributed by atoms with Gasteiger partial charge in [0.25, 0.3) is 0 Å². The summed E-state index contributed by atoms with van der Waals surface area (Å²) in [6.45, 7) is 0. The number of anilines is 1. The summed E-state index contributed by atoms with van der Waals surface area (Å²) in [5.74, 6) is -0.723. The fraction of sp³-hybridized carbons (Fsp3) is 0.222. The highest BCUT2D eigenvalue weighted by Crippen LogP contribution is 2.28. The SMILES string of the molecule is CNc1cccc(C(=O)OC)c1[N+](=O)[O-]. The Hall–Kier alpha value is -2.11. The molecular weight excluding hydrogens is 200 g/mol. The fourth-order valence-electron chi connectivity index (χ4n) is 1.22. The van der Waals surface area contributed by atoms with Gasteiger partial charge in [-0.2, -0.15) is 0 Å². The molecule has 6 nitrogen and oxygen atoms in total. The van der Waals surface area contributed by atoms with Gasteiger partial charge < -0.3 is 10.1 Å². The smallest absolute Gasteiger partial charge is 0.344 e. The first-order valence-electron chi connectivity index (χ1n) is 4.15. The van der Waals surface area contributed by atoms with Gasteiger partial charge in [0, 0.05) is 7.05 Å². The van der Waals surface area contributed by atoms with Crippen LogP contribution in [0.15, 0.2) is 18.2 Å². The second kappa shape index (κ2) is 4.41. The van der Waals surface area contributed by atoms with Gasteiger partial charge in [0.05, 0.1) is 12.0 Å². The molecule has 80 valence electrons. The minimum Gasteiger partial charge on any atom is -0.465 e. The molecule has 1 aromatic carbocycles. The number of hydrogen-bond donors (Lipinski definition) is 1. The zero-order chi connectivity index (χ0) is 11.4. The molecule has 0 bridgehead atoms. The van der Waals surface area contributed by atoms with Crippen molar-refractivity contribution in [3.05, 3.63) is 33.9 Å². The van der Waals surface area contributed by atoms with Gasteiger partial charge in [-0.05, 0) is 12.1 Å². The normalized spacial score (nSPS) is 9.47. The monoisotopic (exact) mass is 210 g/mol. The van der Waals surface area contributed by atoms with Gasteiger partial charge in [0.1, 0.15) is 11.3 Å². The van der Waals surface area contributed by atoms with Gasteiger partial charge in [-0.3, -0.25) is 10.1 Å². The lowest BCUT2D eigenvalue weighted by molar-refractivity contribution is -0.384. The number of carbonyl (C=O) groups excluding carboxylic acids is 1. The molecule has 0 aliphatic heterocycles. The summed E-state index contributed by atoms with van der Waals surface area (Å²) < 4.78 is 4.46. The molecule has 0 heterocycles. The Labute approximate surface area is 86.0 Å². The molecule has 1 rings (SSSR count). The van der Waals surface area contributed by atoms with Crippen molar-refractivity contribution in [3.63, 3.8) is 0 Å². The Morgan fingerprint density at radius 2 is 2.20 bits per heavy atom. The van der Waals surface area contributed by atoms with Crippen LogP contribution in [0.1, 0.15) is 10.4 Å². The number of nitro groups is 1. The van der Waals surface area contributed by atoms with Crippen molar-refractivity contribution in [1.82, 2.24) is 0 Å². The lowest BCUT2D eigenvalue weighted by atomic mass is 10.1. The van der Waals surface area contributed by atoms with Crippen LogP contribution in [0.5, 0.6) is 0 Å². The molecule has 0 fully saturated rings. The Bertz CT molecular complexity index is 403. The number of carbonyl (C=O) groups is 1. The number of esters is 1. The summed E-state index contributed by atoms with van der Waals surface area (Å²) in [6, 6.07) is 4.42. The number of ether oxygens (including phenoxy) is 1. The molecule has 1 N–H and O–H groups in total. The molecule has 0 spiro atoms. The zero-order valence-electron chi connectivity index (χ0n) is 8.31. The van der Waals surface area contributed by atoms with Gasteiger partial charge in [-0.15, -0.1) is 0 Å². The van der Waals surface area contributed by atoms with Gasteiger partial charge in [0.2, 0.25) is 0 Å². The van der Waals surface area contributed by atoms with Crippen LogP contribution in [-0.4, -0.2) is 25.1 Å². The lowest BCUT2D eigenvalue weighted by Crippen LogP contribution is -2.07. The van der Waals surface area contributed by atoms with Crippen LogP contribution in [0.2, 0.25) is 0 Å². The van der Waals surface area contributed by atoms with E-state index in [9.17, 15) is 14.9 Å². The Morgan fingerprint density at radius 3 is 2.67 bits per heavy atom. The zero-order valence-corrected chi connectivity index (χ0v) is 8.31. The summed E-state index contributed by atoms with van der Waals surface area (Å²) in [5, 5.41) is 13.4. The predicted octanol–water partition coefficient (Wildman–Crippen LogP) is 1.42. The van der Waals surface area contributed by atoms with E-state index in [2.05, 4.69) is 10.1 Å². The minimum atomic E-state index is -0.723. The van der Waals surface area contributed by atoms with E-state index in [0.29, 0.717) is 0 Å². The summed E-state index contributed by atoms with van der Waals surface area (Å²) >= 11 is 0. The van der Waals surface area contributed by atoms with E-state index in [1.807, 2.05) is 0 Å². The number of para-hydroxylation sites is 1. The maximum absolute atomic E-state index is 11.3. The Kier molecular flexibility index (Phi) is 3.22. The first-order valence-corrected chi connectivity index (χ1v) is 4.15. The van der Waals surface area contributed by atoms with Gasteiger partial charge in [-0.25, -0.2) is 4.79 Å². The van der Waals surface area contributed by atoms with Crippen LogP contribution >= 0.6 is 0 Å². The minimum absolute atomic E-state index is 0.0608. The van der Waals surface area contributed by atoms with Crippen LogP contribution in [0.3, 0.4) is 0 Å². The molecule has 6 heteroatoms. The molecule has 0 saturated heterocycles. The molecule has 0 unspecified atom stereocenters. The van der Waals surface area contributed by atoms with E-state index in [-0.39, 0.29) is 16.9 Å². The average molecular weight is 210 g/mol. The number of rotatable bonds is 3. The number of nitro benzene ring substituents is 1. The van der Waals surface area contributed by atoms with E-state index in [1.165, 1.54) is 19.2 Å². The maximum atomic E-state index is 11.3. The van der Waals surface area contributed by atoms with Crippen molar-refractivity contribution in [3.8, 4) is 0 Å². The summed E-state index contributed by atoms with van der Waals surface area (Å²) in [4.78, 5) is 21.4. The van der Waals surface area contributed by atoms with Crippen LogP contribution < -0.4 is 5.32 Å².